The van der Waals surface area contributed by atoms with Gasteiger partial charge in [0.15, 0.2) is 0 Å². The van der Waals surface area contributed by atoms with Crippen molar-refractivity contribution in [1.82, 2.24) is 4.98 Å². The van der Waals surface area contributed by atoms with Gasteiger partial charge in [0.2, 0.25) is 0 Å². The Morgan fingerprint density at radius 2 is 2.33 bits per heavy atom. The maximum atomic E-state index is 7.43. The van der Waals surface area contributed by atoms with Gasteiger partial charge in [-0.05, 0) is 31.9 Å². The number of nitrogens with zero attached hydrogens (tertiary/aromatic N) is 2. The quantitative estimate of drug-likeness (QED) is 0.626. The zero-order valence-corrected chi connectivity index (χ0v) is 10.9. The fraction of sp³-hybridized carbons (Fsp3) is 0.538. The minimum Gasteiger partial charge on any atom is -0.382 e. The monoisotopic (exact) mass is 248 g/mol. The molecule has 2 rings (SSSR count). The number of piperidine rings is 1. The molecule has 1 saturated heterocycles. The van der Waals surface area contributed by atoms with Gasteiger partial charge in [-0.2, -0.15) is 0 Å². The number of nitrogens with one attached hydrogen (secondary N) is 1. The zero-order valence-electron chi connectivity index (χ0n) is 10.9. The zero-order chi connectivity index (χ0) is 13.1. The highest BCUT2D eigenvalue weighted by Crippen LogP contribution is 2.24. The summed E-state index contributed by atoms with van der Waals surface area (Å²) in [7, 11) is 1.77. The number of nitrogens with two attached hydrogens (primary N) is 1. The van der Waals surface area contributed by atoms with Crippen molar-refractivity contribution in [3.8, 4) is 0 Å². The van der Waals surface area contributed by atoms with Crippen LogP contribution in [0, 0.1) is 5.41 Å². The highest BCUT2D eigenvalue weighted by atomic mass is 16.5. The fourth-order valence-corrected chi connectivity index (χ4v) is 2.42. The van der Waals surface area contributed by atoms with Crippen LogP contribution < -0.4 is 10.6 Å². The molecule has 98 valence electrons. The minimum atomic E-state index is 0.0104. The fourth-order valence-electron chi connectivity index (χ4n) is 2.42. The van der Waals surface area contributed by atoms with Crippen molar-refractivity contribution in [2.45, 2.75) is 31.9 Å². The Morgan fingerprint density at radius 3 is 2.94 bits per heavy atom. The normalized spacial score (nSPS) is 24.0. The van der Waals surface area contributed by atoms with Crippen LogP contribution in [0.2, 0.25) is 0 Å². The largest absolute Gasteiger partial charge is 0.382 e. The first-order chi connectivity index (χ1) is 8.61. The van der Waals surface area contributed by atoms with Crippen LogP contribution in [0.25, 0.3) is 0 Å². The molecule has 18 heavy (non-hydrogen) atoms. The summed E-state index contributed by atoms with van der Waals surface area (Å²) in [5, 5.41) is 7.43. The topological polar surface area (TPSA) is 75.2 Å². The molecule has 2 heterocycles. The van der Waals surface area contributed by atoms with Crippen molar-refractivity contribution in [3.63, 3.8) is 0 Å². The summed E-state index contributed by atoms with van der Waals surface area (Å²) < 4.78 is 5.41. The van der Waals surface area contributed by atoms with Gasteiger partial charge in [-0.3, -0.25) is 5.41 Å². The Morgan fingerprint density at radius 1 is 1.56 bits per heavy atom. The predicted octanol–water partition coefficient (Wildman–Crippen LogP) is 1.37. The summed E-state index contributed by atoms with van der Waals surface area (Å²) in [6.07, 6.45) is 2.35. The Kier molecular flexibility index (Phi) is 3.81. The molecule has 0 spiro atoms. The van der Waals surface area contributed by atoms with Gasteiger partial charge in [0.05, 0.1) is 6.10 Å². The molecular formula is C13H20N4O. The number of anilines is 1. The summed E-state index contributed by atoms with van der Waals surface area (Å²) in [5.41, 5.74) is 6.01. The molecule has 1 fully saturated rings. The van der Waals surface area contributed by atoms with E-state index in [1.165, 1.54) is 0 Å². The molecule has 2 atom stereocenters. The Hall–Kier alpha value is -1.62. The standard InChI is InChI=1S/C13H20N4O/c1-9-8-10(18-2)6-7-17(9)12-5-3-4-11(16-12)13(14)15/h3-5,9-10H,6-8H2,1-2H3,(H3,14,15). The molecule has 1 aliphatic rings. The number of ether oxygens (including phenoxy) is 1. The van der Waals surface area contributed by atoms with E-state index in [9.17, 15) is 0 Å². The lowest BCUT2D eigenvalue weighted by atomic mass is 10.0. The number of hydrogen-bond acceptors (Lipinski definition) is 4. The van der Waals surface area contributed by atoms with Gasteiger partial charge < -0.3 is 15.4 Å². The van der Waals surface area contributed by atoms with Crippen LogP contribution in [0.15, 0.2) is 18.2 Å². The van der Waals surface area contributed by atoms with Gasteiger partial charge in [0, 0.05) is 19.7 Å². The Labute approximate surface area is 107 Å². The first kappa shape index (κ1) is 12.8. The molecule has 1 aromatic heterocycles. The van der Waals surface area contributed by atoms with Crippen LogP contribution in [0.5, 0.6) is 0 Å². The van der Waals surface area contributed by atoms with Crippen LogP contribution in [0.3, 0.4) is 0 Å². The molecule has 0 bridgehead atoms. The number of amidine groups is 1. The molecule has 0 radical (unpaired) electrons. The average molecular weight is 248 g/mol. The van der Waals surface area contributed by atoms with Gasteiger partial charge in [0.1, 0.15) is 17.3 Å². The van der Waals surface area contributed by atoms with E-state index in [1.54, 1.807) is 13.2 Å². The third-order valence-corrected chi connectivity index (χ3v) is 3.47. The van der Waals surface area contributed by atoms with Crippen molar-refractivity contribution in [2.24, 2.45) is 5.73 Å². The second kappa shape index (κ2) is 5.35. The van der Waals surface area contributed by atoms with E-state index in [4.69, 9.17) is 15.9 Å². The van der Waals surface area contributed by atoms with E-state index < -0.39 is 0 Å². The summed E-state index contributed by atoms with van der Waals surface area (Å²) in [4.78, 5) is 6.68. The molecule has 2 unspecified atom stereocenters. The maximum Gasteiger partial charge on any atom is 0.141 e. The van der Waals surface area contributed by atoms with Crippen LogP contribution in [-0.4, -0.2) is 36.6 Å². The third kappa shape index (κ3) is 2.61. The number of aromatic nitrogens is 1. The van der Waals surface area contributed by atoms with Crippen LogP contribution >= 0.6 is 0 Å². The molecule has 1 aromatic rings. The highest BCUT2D eigenvalue weighted by molar-refractivity contribution is 5.93. The number of hydrogen-bond donors (Lipinski definition) is 2. The Bertz CT molecular complexity index is 435. The molecule has 0 aliphatic carbocycles. The predicted molar refractivity (Wildman–Crippen MR) is 72.1 cm³/mol. The second-order valence-electron chi connectivity index (χ2n) is 4.72. The molecule has 0 saturated carbocycles. The Balaban J connectivity index is 2.16. The SMILES string of the molecule is COC1CCN(c2cccc(C(=N)N)n2)C(C)C1. The summed E-state index contributed by atoms with van der Waals surface area (Å²) >= 11 is 0. The summed E-state index contributed by atoms with van der Waals surface area (Å²) in [5.74, 6) is 0.904. The molecule has 0 aromatic carbocycles. The number of pyridine rings is 1. The van der Waals surface area contributed by atoms with E-state index >= 15 is 0 Å². The van der Waals surface area contributed by atoms with Crippen molar-refractivity contribution in [1.29, 1.82) is 5.41 Å². The van der Waals surface area contributed by atoms with Gasteiger partial charge in [-0.1, -0.05) is 6.07 Å². The molecular weight excluding hydrogens is 228 g/mol. The van der Waals surface area contributed by atoms with Crippen molar-refractivity contribution in [2.75, 3.05) is 18.6 Å². The first-order valence-corrected chi connectivity index (χ1v) is 6.22. The van der Waals surface area contributed by atoms with Crippen molar-refractivity contribution < 1.29 is 4.74 Å². The van der Waals surface area contributed by atoms with Crippen LogP contribution in [0.1, 0.15) is 25.5 Å². The molecule has 0 amide bonds. The van der Waals surface area contributed by atoms with Crippen LogP contribution in [0.4, 0.5) is 5.82 Å². The molecule has 3 N–H and O–H groups in total. The lowest BCUT2D eigenvalue weighted by Crippen LogP contribution is -2.43. The maximum absolute atomic E-state index is 7.43. The first-order valence-electron chi connectivity index (χ1n) is 6.22. The van der Waals surface area contributed by atoms with Crippen molar-refractivity contribution >= 4 is 11.7 Å². The van der Waals surface area contributed by atoms with Gasteiger partial charge >= 0.3 is 0 Å². The summed E-state index contributed by atoms with van der Waals surface area (Å²) in [6, 6.07) is 6.02. The summed E-state index contributed by atoms with van der Waals surface area (Å²) in [6.45, 7) is 3.10. The van der Waals surface area contributed by atoms with E-state index in [-0.39, 0.29) is 5.84 Å². The molecule has 5 heteroatoms. The average Bonchev–Trinajstić information content (AvgIpc) is 2.38. The number of nitrogen functional groups attached to an aromatic ring is 1. The highest BCUT2D eigenvalue weighted by Gasteiger charge is 2.26. The van der Waals surface area contributed by atoms with Crippen LogP contribution in [-0.2, 0) is 4.74 Å². The van der Waals surface area contributed by atoms with E-state index in [2.05, 4.69) is 16.8 Å². The van der Waals surface area contributed by atoms with Gasteiger partial charge in [-0.15, -0.1) is 0 Å². The number of rotatable bonds is 3. The lowest BCUT2D eigenvalue weighted by Gasteiger charge is -2.38. The lowest BCUT2D eigenvalue weighted by molar-refractivity contribution is 0.0719. The third-order valence-electron chi connectivity index (χ3n) is 3.47. The second-order valence-corrected chi connectivity index (χ2v) is 4.72. The van der Waals surface area contributed by atoms with Gasteiger partial charge in [-0.25, -0.2) is 4.98 Å². The molecule has 5 nitrogen and oxygen atoms in total. The number of methoxy groups -OCH3 is 1. The molecule has 1 aliphatic heterocycles. The van der Waals surface area contributed by atoms with Crippen molar-refractivity contribution in [3.05, 3.63) is 23.9 Å². The van der Waals surface area contributed by atoms with E-state index in [1.807, 2.05) is 12.1 Å². The minimum absolute atomic E-state index is 0.0104. The smallest absolute Gasteiger partial charge is 0.141 e. The van der Waals surface area contributed by atoms with Gasteiger partial charge in [0.25, 0.3) is 0 Å². The van der Waals surface area contributed by atoms with E-state index in [0.29, 0.717) is 17.8 Å². The van der Waals surface area contributed by atoms with E-state index in [0.717, 1.165) is 25.2 Å².